The Morgan fingerprint density at radius 2 is 2.00 bits per heavy atom. The quantitative estimate of drug-likeness (QED) is 0.835. The van der Waals surface area contributed by atoms with Crippen LogP contribution in [0.3, 0.4) is 0 Å². The molecule has 4 nitrogen and oxygen atoms in total. The second-order valence-electron chi connectivity index (χ2n) is 7.84. The zero-order valence-electron chi connectivity index (χ0n) is 15.5. The van der Waals surface area contributed by atoms with E-state index in [2.05, 4.69) is 28.9 Å². The van der Waals surface area contributed by atoms with Crippen LogP contribution in [-0.2, 0) is 6.54 Å². The first kappa shape index (κ1) is 16.9. The smallest absolute Gasteiger partial charge is 0.176 e. The van der Waals surface area contributed by atoms with Crippen molar-refractivity contribution in [3.05, 3.63) is 30.0 Å². The van der Waals surface area contributed by atoms with Crippen molar-refractivity contribution in [2.45, 2.75) is 45.2 Å². The molecular formula is C21H30N2O2. The molecule has 0 spiro atoms. The minimum Gasteiger partial charge on any atom is -0.493 e. The summed E-state index contributed by atoms with van der Waals surface area (Å²) >= 11 is 0. The van der Waals surface area contributed by atoms with Crippen LogP contribution in [0.5, 0.6) is 5.75 Å². The monoisotopic (exact) mass is 342 g/mol. The number of para-hydroxylation sites is 1. The molecule has 0 aliphatic carbocycles. The normalized spacial score (nSPS) is 24.0. The Bertz CT molecular complexity index is 703. The van der Waals surface area contributed by atoms with E-state index < -0.39 is 0 Å². The molecule has 3 heterocycles. The van der Waals surface area contributed by atoms with Gasteiger partial charge in [0, 0.05) is 31.1 Å². The summed E-state index contributed by atoms with van der Waals surface area (Å²) in [6.45, 7) is 8.25. The average molecular weight is 342 g/mol. The largest absolute Gasteiger partial charge is 0.493 e. The second kappa shape index (κ2) is 7.38. The Labute approximate surface area is 150 Å². The number of rotatable bonds is 4. The summed E-state index contributed by atoms with van der Waals surface area (Å²) < 4.78 is 11.5. The van der Waals surface area contributed by atoms with Gasteiger partial charge in [-0.15, -0.1) is 0 Å². The molecule has 2 fully saturated rings. The highest BCUT2D eigenvalue weighted by Gasteiger charge is 2.27. The highest BCUT2D eigenvalue weighted by atomic mass is 16.5. The van der Waals surface area contributed by atoms with E-state index in [-0.39, 0.29) is 0 Å². The zero-order chi connectivity index (χ0) is 17.2. The summed E-state index contributed by atoms with van der Waals surface area (Å²) in [6.07, 6.45) is 5.36. The molecule has 136 valence electrons. The highest BCUT2D eigenvalue weighted by molar-refractivity contribution is 5.83. The van der Waals surface area contributed by atoms with Crippen LogP contribution in [0.25, 0.3) is 11.0 Å². The Morgan fingerprint density at radius 1 is 1.16 bits per heavy atom. The minimum atomic E-state index is 0.787. The summed E-state index contributed by atoms with van der Waals surface area (Å²) in [4.78, 5) is 5.28. The van der Waals surface area contributed by atoms with Crippen LogP contribution in [0.15, 0.2) is 28.7 Å². The fourth-order valence-electron chi connectivity index (χ4n) is 4.55. The van der Waals surface area contributed by atoms with Crippen LogP contribution in [0.2, 0.25) is 0 Å². The lowest BCUT2D eigenvalue weighted by atomic mass is 9.95. The van der Waals surface area contributed by atoms with Crippen LogP contribution in [0.1, 0.15) is 38.4 Å². The molecule has 1 atom stereocenters. The molecule has 2 aromatic rings. The van der Waals surface area contributed by atoms with E-state index in [0.717, 1.165) is 41.0 Å². The first-order chi connectivity index (χ1) is 12.2. The minimum absolute atomic E-state index is 0.787. The highest BCUT2D eigenvalue weighted by Crippen LogP contribution is 2.30. The molecule has 0 bridgehead atoms. The van der Waals surface area contributed by atoms with E-state index in [1.807, 2.05) is 12.1 Å². The molecule has 1 aromatic heterocycles. The first-order valence-corrected chi connectivity index (χ1v) is 9.75. The number of hydrogen-bond donors (Lipinski definition) is 0. The molecule has 0 amide bonds. The van der Waals surface area contributed by atoms with Gasteiger partial charge in [-0.3, -0.25) is 4.90 Å². The van der Waals surface area contributed by atoms with Crippen molar-refractivity contribution in [2.75, 3.05) is 33.3 Å². The van der Waals surface area contributed by atoms with E-state index in [0.29, 0.717) is 0 Å². The van der Waals surface area contributed by atoms with Crippen molar-refractivity contribution in [1.82, 2.24) is 9.80 Å². The molecule has 0 N–H and O–H groups in total. The molecule has 25 heavy (non-hydrogen) atoms. The molecule has 2 saturated heterocycles. The van der Waals surface area contributed by atoms with E-state index in [9.17, 15) is 0 Å². The van der Waals surface area contributed by atoms with E-state index >= 15 is 0 Å². The predicted molar refractivity (Wildman–Crippen MR) is 101 cm³/mol. The third-order valence-corrected chi connectivity index (χ3v) is 5.92. The number of ether oxygens (including phenoxy) is 1. The van der Waals surface area contributed by atoms with Gasteiger partial charge in [0.25, 0.3) is 0 Å². The molecule has 2 aliphatic rings. The average Bonchev–Trinajstić information content (AvgIpc) is 3.04. The summed E-state index contributed by atoms with van der Waals surface area (Å²) in [5.74, 6) is 2.74. The van der Waals surface area contributed by atoms with Crippen LogP contribution in [-0.4, -0.2) is 49.1 Å². The lowest BCUT2D eigenvalue weighted by molar-refractivity contribution is 0.0708. The first-order valence-electron chi connectivity index (χ1n) is 9.75. The lowest BCUT2D eigenvalue weighted by Gasteiger charge is -2.41. The molecule has 4 heteroatoms. The Hall–Kier alpha value is -1.52. The van der Waals surface area contributed by atoms with Gasteiger partial charge in [0.2, 0.25) is 0 Å². The number of methoxy groups -OCH3 is 1. The number of nitrogens with zero attached hydrogens (tertiary/aromatic N) is 2. The van der Waals surface area contributed by atoms with Crippen molar-refractivity contribution >= 4 is 11.0 Å². The summed E-state index contributed by atoms with van der Waals surface area (Å²) in [7, 11) is 1.70. The van der Waals surface area contributed by atoms with E-state index in [1.54, 1.807) is 7.11 Å². The van der Waals surface area contributed by atoms with Gasteiger partial charge in [-0.2, -0.15) is 0 Å². The van der Waals surface area contributed by atoms with Gasteiger partial charge in [-0.25, -0.2) is 0 Å². The zero-order valence-corrected chi connectivity index (χ0v) is 15.5. The fourth-order valence-corrected chi connectivity index (χ4v) is 4.55. The van der Waals surface area contributed by atoms with Crippen LogP contribution in [0.4, 0.5) is 0 Å². The van der Waals surface area contributed by atoms with E-state index in [4.69, 9.17) is 9.15 Å². The van der Waals surface area contributed by atoms with Gasteiger partial charge < -0.3 is 14.1 Å². The standard InChI is InChI=1S/C21H30N2O2/c1-16-5-4-10-23(14-16)18-8-11-22(12-9-18)15-19-13-17-6-3-7-20(24-2)21(17)25-19/h3,6-7,13,16,18H,4-5,8-12,14-15H2,1-2H3/t16-/m0/s1. The maximum atomic E-state index is 6.07. The third-order valence-electron chi connectivity index (χ3n) is 5.92. The van der Waals surface area contributed by atoms with Gasteiger partial charge in [0.15, 0.2) is 11.3 Å². The molecular weight excluding hydrogens is 312 g/mol. The summed E-state index contributed by atoms with van der Waals surface area (Å²) in [5, 5.41) is 1.13. The number of furan rings is 1. The Kier molecular flexibility index (Phi) is 5.00. The number of hydrogen-bond acceptors (Lipinski definition) is 4. The molecule has 1 aromatic carbocycles. The maximum absolute atomic E-state index is 6.07. The molecule has 0 unspecified atom stereocenters. The third kappa shape index (κ3) is 3.70. The van der Waals surface area contributed by atoms with E-state index in [1.165, 1.54) is 51.9 Å². The molecule has 2 aliphatic heterocycles. The lowest BCUT2D eigenvalue weighted by Crippen LogP contribution is -2.47. The number of piperidine rings is 2. The number of benzene rings is 1. The van der Waals surface area contributed by atoms with Gasteiger partial charge in [0.05, 0.1) is 13.7 Å². The van der Waals surface area contributed by atoms with Gasteiger partial charge in [0.1, 0.15) is 5.76 Å². The Balaban J connectivity index is 1.35. The van der Waals surface area contributed by atoms with Crippen molar-refractivity contribution in [3.8, 4) is 5.75 Å². The molecule has 0 saturated carbocycles. The van der Waals surface area contributed by atoms with Gasteiger partial charge in [-0.05, 0) is 50.3 Å². The predicted octanol–water partition coefficient (Wildman–Crippen LogP) is 4.14. The molecule has 0 radical (unpaired) electrons. The SMILES string of the molecule is COc1cccc2cc(CN3CCC(N4CCC[C@H](C)C4)CC3)oc12. The van der Waals surface area contributed by atoms with Crippen molar-refractivity contribution < 1.29 is 9.15 Å². The topological polar surface area (TPSA) is 28.9 Å². The van der Waals surface area contributed by atoms with Crippen LogP contribution >= 0.6 is 0 Å². The number of likely N-dealkylation sites (tertiary alicyclic amines) is 2. The van der Waals surface area contributed by atoms with Gasteiger partial charge in [-0.1, -0.05) is 19.1 Å². The van der Waals surface area contributed by atoms with Crippen molar-refractivity contribution in [1.29, 1.82) is 0 Å². The van der Waals surface area contributed by atoms with Crippen LogP contribution in [0, 0.1) is 5.92 Å². The second-order valence-corrected chi connectivity index (χ2v) is 7.84. The molecule has 4 rings (SSSR count). The summed E-state index contributed by atoms with van der Waals surface area (Å²) in [5.41, 5.74) is 0.872. The van der Waals surface area contributed by atoms with Crippen molar-refractivity contribution in [3.63, 3.8) is 0 Å². The Morgan fingerprint density at radius 3 is 2.76 bits per heavy atom. The maximum Gasteiger partial charge on any atom is 0.176 e. The summed E-state index contributed by atoms with van der Waals surface area (Å²) in [6, 6.07) is 9.02. The van der Waals surface area contributed by atoms with Crippen molar-refractivity contribution in [2.24, 2.45) is 5.92 Å². The van der Waals surface area contributed by atoms with Gasteiger partial charge >= 0.3 is 0 Å². The fraction of sp³-hybridized carbons (Fsp3) is 0.619. The van der Waals surface area contributed by atoms with Crippen LogP contribution < -0.4 is 4.74 Å². The number of fused-ring (bicyclic) bond motifs is 1.